The molecule has 0 bridgehead atoms. The second kappa shape index (κ2) is 12.4. The summed E-state index contributed by atoms with van der Waals surface area (Å²) in [7, 11) is 0. The molecule has 2 rings (SSSR count). The van der Waals surface area contributed by atoms with Gasteiger partial charge in [-0.15, -0.1) is 0 Å². The molecule has 1 aliphatic rings. The first-order valence-electron chi connectivity index (χ1n) is 11.0. The SMILES string of the molecule is CC(=O)OC[C@H]1O[C@@H](Oc2ccc(CC(C)C)cc2)[C@H](OC(C)=O)[C@@H](OC(C)=O)[C@H]1OC(C)=O. The van der Waals surface area contributed by atoms with Gasteiger partial charge < -0.3 is 28.4 Å². The van der Waals surface area contributed by atoms with Crippen molar-refractivity contribution < 1.29 is 47.6 Å². The lowest BCUT2D eigenvalue weighted by Crippen LogP contribution is -2.63. The molecule has 10 nitrogen and oxygen atoms in total. The number of ether oxygens (including phenoxy) is 6. The lowest BCUT2D eigenvalue weighted by Gasteiger charge is -2.43. The zero-order valence-electron chi connectivity index (χ0n) is 20.3. The molecule has 34 heavy (non-hydrogen) atoms. The maximum Gasteiger partial charge on any atom is 0.303 e. The predicted octanol–water partition coefficient (Wildman–Crippen LogP) is 2.35. The molecule has 1 aliphatic heterocycles. The summed E-state index contributed by atoms with van der Waals surface area (Å²) in [6.45, 7) is 8.62. The van der Waals surface area contributed by atoms with Crippen LogP contribution in [-0.2, 0) is 49.3 Å². The first-order chi connectivity index (χ1) is 16.0. The van der Waals surface area contributed by atoms with Crippen LogP contribution in [0.25, 0.3) is 0 Å². The van der Waals surface area contributed by atoms with E-state index in [1.165, 1.54) is 13.8 Å². The van der Waals surface area contributed by atoms with Crippen LogP contribution in [-0.4, -0.2) is 61.2 Å². The second-order valence-electron chi connectivity index (χ2n) is 8.43. The summed E-state index contributed by atoms with van der Waals surface area (Å²) in [6, 6.07) is 7.29. The molecule has 0 spiro atoms. The van der Waals surface area contributed by atoms with Crippen molar-refractivity contribution in [1.82, 2.24) is 0 Å². The van der Waals surface area contributed by atoms with E-state index in [0.717, 1.165) is 25.8 Å². The van der Waals surface area contributed by atoms with Crippen molar-refractivity contribution in [3.05, 3.63) is 29.8 Å². The Kier molecular flexibility index (Phi) is 9.85. The van der Waals surface area contributed by atoms with Gasteiger partial charge in [-0.05, 0) is 30.0 Å². The highest BCUT2D eigenvalue weighted by Crippen LogP contribution is 2.31. The summed E-state index contributed by atoms with van der Waals surface area (Å²) in [5.41, 5.74) is 1.11. The third kappa shape index (κ3) is 8.33. The van der Waals surface area contributed by atoms with E-state index in [0.29, 0.717) is 11.7 Å². The molecule has 0 saturated carbocycles. The fraction of sp³-hybridized carbons (Fsp3) is 0.583. The van der Waals surface area contributed by atoms with Crippen molar-refractivity contribution in [3.63, 3.8) is 0 Å². The Morgan fingerprint density at radius 2 is 1.32 bits per heavy atom. The van der Waals surface area contributed by atoms with Crippen LogP contribution in [0.4, 0.5) is 0 Å². The van der Waals surface area contributed by atoms with E-state index in [-0.39, 0.29) is 6.61 Å². The maximum absolute atomic E-state index is 11.9. The molecule has 0 amide bonds. The average Bonchev–Trinajstić information content (AvgIpc) is 2.71. The van der Waals surface area contributed by atoms with Crippen LogP contribution in [0.5, 0.6) is 5.75 Å². The average molecular weight is 481 g/mol. The van der Waals surface area contributed by atoms with Crippen LogP contribution in [0.15, 0.2) is 24.3 Å². The van der Waals surface area contributed by atoms with Crippen LogP contribution in [0.3, 0.4) is 0 Å². The number of hydrogen-bond donors (Lipinski definition) is 0. The van der Waals surface area contributed by atoms with E-state index in [4.69, 9.17) is 28.4 Å². The molecule has 1 heterocycles. The minimum Gasteiger partial charge on any atom is -0.463 e. The van der Waals surface area contributed by atoms with Gasteiger partial charge in [-0.1, -0.05) is 26.0 Å². The fourth-order valence-corrected chi connectivity index (χ4v) is 3.59. The fourth-order valence-electron chi connectivity index (χ4n) is 3.59. The summed E-state index contributed by atoms with van der Waals surface area (Å²) in [5.74, 6) is -1.79. The molecule has 188 valence electrons. The van der Waals surface area contributed by atoms with Crippen molar-refractivity contribution in [1.29, 1.82) is 0 Å². The van der Waals surface area contributed by atoms with E-state index in [1.54, 1.807) is 12.1 Å². The zero-order valence-corrected chi connectivity index (χ0v) is 20.3. The monoisotopic (exact) mass is 480 g/mol. The summed E-state index contributed by atoms with van der Waals surface area (Å²) in [6.07, 6.45) is -5.19. The lowest BCUT2D eigenvalue weighted by atomic mass is 9.98. The molecule has 1 saturated heterocycles. The minimum atomic E-state index is -1.27. The first-order valence-corrected chi connectivity index (χ1v) is 11.0. The summed E-state index contributed by atoms with van der Waals surface area (Å²) < 4.78 is 33.1. The van der Waals surface area contributed by atoms with Crippen LogP contribution >= 0.6 is 0 Å². The van der Waals surface area contributed by atoms with E-state index in [9.17, 15) is 19.2 Å². The maximum atomic E-state index is 11.9. The summed E-state index contributed by atoms with van der Waals surface area (Å²) in [4.78, 5) is 46.9. The Morgan fingerprint density at radius 1 is 0.794 bits per heavy atom. The quantitative estimate of drug-likeness (QED) is 0.384. The van der Waals surface area contributed by atoms with Gasteiger partial charge in [-0.25, -0.2) is 0 Å². The van der Waals surface area contributed by atoms with Crippen LogP contribution in [0, 0.1) is 5.92 Å². The zero-order chi connectivity index (χ0) is 25.4. The van der Waals surface area contributed by atoms with Crippen molar-refractivity contribution in [2.75, 3.05) is 6.61 Å². The number of esters is 4. The highest BCUT2D eigenvalue weighted by molar-refractivity contribution is 5.68. The molecular weight excluding hydrogens is 448 g/mol. The highest BCUT2D eigenvalue weighted by atomic mass is 16.7. The third-order valence-electron chi connectivity index (χ3n) is 4.77. The van der Waals surface area contributed by atoms with Crippen molar-refractivity contribution in [2.45, 2.75) is 78.7 Å². The van der Waals surface area contributed by atoms with Crippen molar-refractivity contribution >= 4 is 23.9 Å². The molecule has 0 N–H and O–H groups in total. The molecule has 10 heteroatoms. The molecule has 0 aromatic heterocycles. The Balaban J connectivity index is 2.39. The van der Waals surface area contributed by atoms with Gasteiger partial charge in [0.15, 0.2) is 12.2 Å². The molecule has 0 aliphatic carbocycles. The Hall–Kier alpha value is -3.14. The van der Waals surface area contributed by atoms with Crippen LogP contribution in [0.2, 0.25) is 0 Å². The van der Waals surface area contributed by atoms with Gasteiger partial charge in [-0.2, -0.15) is 0 Å². The normalized spacial score (nSPS) is 24.1. The van der Waals surface area contributed by atoms with Crippen molar-refractivity contribution in [2.24, 2.45) is 5.92 Å². The summed E-state index contributed by atoms with van der Waals surface area (Å²) in [5, 5.41) is 0. The smallest absolute Gasteiger partial charge is 0.303 e. The molecule has 0 unspecified atom stereocenters. The highest BCUT2D eigenvalue weighted by Gasteiger charge is 2.53. The van der Waals surface area contributed by atoms with Gasteiger partial charge in [0.1, 0.15) is 18.5 Å². The van der Waals surface area contributed by atoms with Gasteiger partial charge in [0.05, 0.1) is 0 Å². The van der Waals surface area contributed by atoms with E-state index in [2.05, 4.69) is 13.8 Å². The standard InChI is InChI=1S/C24H32O10/c1-13(2)11-18-7-9-19(10-8-18)33-24-23(32-17(6)28)22(31-16(5)27)21(30-15(4)26)20(34-24)12-29-14(3)25/h7-10,13,20-24H,11-12H2,1-6H3/t20-,21+,22+,23-,24-/m1/s1. The molecule has 1 fully saturated rings. The van der Waals surface area contributed by atoms with Gasteiger partial charge >= 0.3 is 23.9 Å². The minimum absolute atomic E-state index is 0.314. The summed E-state index contributed by atoms with van der Waals surface area (Å²) >= 11 is 0. The van der Waals surface area contributed by atoms with Gasteiger partial charge in [0.2, 0.25) is 12.4 Å². The molecular formula is C24H32O10. The Labute approximate surface area is 198 Å². The number of carbonyl (C=O) groups is 4. The number of hydrogen-bond acceptors (Lipinski definition) is 10. The van der Waals surface area contributed by atoms with Crippen LogP contribution in [0.1, 0.15) is 47.1 Å². The van der Waals surface area contributed by atoms with E-state index in [1.807, 2.05) is 12.1 Å². The van der Waals surface area contributed by atoms with E-state index >= 15 is 0 Å². The van der Waals surface area contributed by atoms with Gasteiger partial charge in [-0.3, -0.25) is 19.2 Å². The number of benzene rings is 1. The molecule has 5 atom stereocenters. The number of rotatable bonds is 9. The Morgan fingerprint density at radius 3 is 1.82 bits per heavy atom. The molecule has 1 aromatic rings. The largest absolute Gasteiger partial charge is 0.463 e. The van der Waals surface area contributed by atoms with E-state index < -0.39 is 54.6 Å². The third-order valence-corrected chi connectivity index (χ3v) is 4.77. The van der Waals surface area contributed by atoms with Gasteiger partial charge in [0.25, 0.3) is 0 Å². The van der Waals surface area contributed by atoms with Crippen LogP contribution < -0.4 is 4.74 Å². The van der Waals surface area contributed by atoms with Crippen molar-refractivity contribution in [3.8, 4) is 5.75 Å². The number of carbonyl (C=O) groups excluding carboxylic acids is 4. The topological polar surface area (TPSA) is 124 Å². The van der Waals surface area contributed by atoms with Gasteiger partial charge in [0, 0.05) is 27.7 Å². The predicted molar refractivity (Wildman–Crippen MR) is 118 cm³/mol. The second-order valence-corrected chi connectivity index (χ2v) is 8.43. The lowest BCUT2D eigenvalue weighted by molar-refractivity contribution is -0.288. The first kappa shape index (κ1) is 27.1. The Bertz CT molecular complexity index is 863. The molecule has 1 aromatic carbocycles. The molecule has 0 radical (unpaired) electrons.